The number of carbonyl (C=O) groups is 1. The maximum Gasteiger partial charge on any atom is 0.293 e. The molecule has 1 aliphatic rings. The highest BCUT2D eigenvalue weighted by atomic mass is 32.2. The Bertz CT molecular complexity index is 789. The van der Waals surface area contributed by atoms with E-state index in [9.17, 15) is 14.9 Å². The van der Waals surface area contributed by atoms with Crippen LogP contribution in [0.2, 0.25) is 0 Å². The third kappa shape index (κ3) is 4.43. The highest BCUT2D eigenvalue weighted by molar-refractivity contribution is 8.00. The molecular weight excluding hydrogens is 348 g/mol. The lowest BCUT2D eigenvalue weighted by Crippen LogP contribution is -2.21. The number of thioether (sulfide) groups is 1. The number of nitrogens with zero attached hydrogens (tertiary/aromatic N) is 1. The first-order valence-corrected chi connectivity index (χ1v) is 9.75. The SMILES string of the molecule is Cc1ccc(NC(=O)[C@@H](SC2CCCC2)c2ccccc2)c([N+](=O)[O-])c1. The molecule has 0 radical (unpaired) electrons. The third-order valence-corrected chi connectivity index (χ3v) is 6.19. The van der Waals surface area contributed by atoms with E-state index in [-0.39, 0.29) is 22.5 Å². The minimum Gasteiger partial charge on any atom is -0.319 e. The summed E-state index contributed by atoms with van der Waals surface area (Å²) < 4.78 is 0. The quantitative estimate of drug-likeness (QED) is 0.556. The van der Waals surface area contributed by atoms with Gasteiger partial charge in [0.05, 0.1) is 4.92 Å². The normalized spacial score (nSPS) is 15.6. The molecule has 1 saturated carbocycles. The topological polar surface area (TPSA) is 72.2 Å². The second-order valence-corrected chi connectivity index (χ2v) is 8.01. The monoisotopic (exact) mass is 370 g/mol. The zero-order chi connectivity index (χ0) is 18.5. The molecule has 1 aliphatic carbocycles. The first kappa shape index (κ1) is 18.5. The number of nitro groups is 1. The molecule has 5 nitrogen and oxygen atoms in total. The Morgan fingerprint density at radius 2 is 1.88 bits per heavy atom. The molecule has 1 amide bonds. The summed E-state index contributed by atoms with van der Waals surface area (Å²) in [6.07, 6.45) is 4.63. The number of anilines is 1. The molecule has 0 bridgehead atoms. The summed E-state index contributed by atoms with van der Waals surface area (Å²) in [4.78, 5) is 23.9. The maximum atomic E-state index is 13.0. The fraction of sp³-hybridized carbons (Fsp3) is 0.350. The van der Waals surface area contributed by atoms with E-state index >= 15 is 0 Å². The van der Waals surface area contributed by atoms with Crippen LogP contribution in [0.15, 0.2) is 48.5 Å². The number of amides is 1. The molecule has 136 valence electrons. The van der Waals surface area contributed by atoms with E-state index in [1.807, 2.05) is 30.3 Å². The molecule has 0 spiro atoms. The summed E-state index contributed by atoms with van der Waals surface area (Å²) in [6, 6.07) is 14.5. The molecular formula is C20H22N2O3S. The third-order valence-electron chi connectivity index (χ3n) is 4.58. The van der Waals surface area contributed by atoms with Crippen molar-refractivity contribution < 1.29 is 9.72 Å². The minimum absolute atomic E-state index is 0.0731. The molecule has 0 aromatic heterocycles. The number of nitrogens with one attached hydrogen (secondary N) is 1. The molecule has 2 aromatic rings. The van der Waals surface area contributed by atoms with Gasteiger partial charge in [-0.3, -0.25) is 14.9 Å². The van der Waals surface area contributed by atoms with Crippen molar-refractivity contribution in [1.82, 2.24) is 0 Å². The number of rotatable bonds is 6. The maximum absolute atomic E-state index is 13.0. The number of nitro benzene ring substituents is 1. The van der Waals surface area contributed by atoms with Gasteiger partial charge in [-0.1, -0.05) is 49.2 Å². The molecule has 1 fully saturated rings. The van der Waals surface area contributed by atoms with Crippen LogP contribution in [-0.4, -0.2) is 16.1 Å². The lowest BCUT2D eigenvalue weighted by Gasteiger charge is -2.20. The fourth-order valence-electron chi connectivity index (χ4n) is 3.23. The molecule has 0 unspecified atom stereocenters. The van der Waals surface area contributed by atoms with Gasteiger partial charge in [0, 0.05) is 11.3 Å². The first-order chi connectivity index (χ1) is 12.5. The predicted molar refractivity (Wildman–Crippen MR) is 105 cm³/mol. The van der Waals surface area contributed by atoms with Crippen LogP contribution in [0.5, 0.6) is 0 Å². The van der Waals surface area contributed by atoms with E-state index in [0.717, 1.165) is 24.0 Å². The van der Waals surface area contributed by atoms with Crippen molar-refractivity contribution in [1.29, 1.82) is 0 Å². The molecule has 3 rings (SSSR count). The van der Waals surface area contributed by atoms with E-state index in [2.05, 4.69) is 5.32 Å². The van der Waals surface area contributed by atoms with E-state index in [4.69, 9.17) is 0 Å². The van der Waals surface area contributed by atoms with Gasteiger partial charge >= 0.3 is 0 Å². The molecule has 1 N–H and O–H groups in total. The van der Waals surface area contributed by atoms with Crippen molar-refractivity contribution in [2.75, 3.05) is 5.32 Å². The van der Waals surface area contributed by atoms with Gasteiger partial charge in [0.2, 0.25) is 5.91 Å². The lowest BCUT2D eigenvalue weighted by molar-refractivity contribution is -0.384. The fourth-order valence-corrected chi connectivity index (χ4v) is 4.72. The molecule has 26 heavy (non-hydrogen) atoms. The summed E-state index contributed by atoms with van der Waals surface area (Å²) in [5.41, 5.74) is 1.89. The van der Waals surface area contributed by atoms with Gasteiger partial charge in [0.25, 0.3) is 5.69 Å². The molecule has 0 aliphatic heterocycles. The van der Waals surface area contributed by atoms with Crippen molar-refractivity contribution in [3.8, 4) is 0 Å². The average Bonchev–Trinajstić information content (AvgIpc) is 3.15. The Labute approximate surface area is 157 Å². The molecule has 2 aromatic carbocycles. The average molecular weight is 370 g/mol. The van der Waals surface area contributed by atoms with E-state index in [1.54, 1.807) is 30.8 Å². The second-order valence-electron chi connectivity index (χ2n) is 6.60. The number of hydrogen-bond acceptors (Lipinski definition) is 4. The van der Waals surface area contributed by atoms with Gasteiger partial charge in [0.1, 0.15) is 10.9 Å². The Kier molecular flexibility index (Phi) is 5.93. The van der Waals surface area contributed by atoms with Crippen LogP contribution in [-0.2, 0) is 4.79 Å². The summed E-state index contributed by atoms with van der Waals surface area (Å²) in [5, 5.41) is 14.2. The predicted octanol–water partition coefficient (Wildman–Crippen LogP) is 5.26. The highest BCUT2D eigenvalue weighted by Gasteiger charge is 2.28. The first-order valence-electron chi connectivity index (χ1n) is 8.81. The van der Waals surface area contributed by atoms with Crippen LogP contribution >= 0.6 is 11.8 Å². The molecule has 6 heteroatoms. The van der Waals surface area contributed by atoms with Gasteiger partial charge in [-0.05, 0) is 37.0 Å². The summed E-state index contributed by atoms with van der Waals surface area (Å²) in [5.74, 6) is -0.208. The van der Waals surface area contributed by atoms with Crippen LogP contribution in [0, 0.1) is 17.0 Å². The van der Waals surface area contributed by atoms with Crippen molar-refractivity contribution in [2.24, 2.45) is 0 Å². The van der Waals surface area contributed by atoms with Crippen molar-refractivity contribution in [3.05, 3.63) is 69.8 Å². The second kappa shape index (κ2) is 8.36. The van der Waals surface area contributed by atoms with E-state index in [0.29, 0.717) is 5.25 Å². The summed E-state index contributed by atoms with van der Waals surface area (Å²) in [6.45, 7) is 1.79. The molecule has 0 saturated heterocycles. The van der Waals surface area contributed by atoms with Gasteiger partial charge in [0.15, 0.2) is 0 Å². The number of carbonyl (C=O) groups excluding carboxylic acids is 1. The van der Waals surface area contributed by atoms with Gasteiger partial charge in [-0.25, -0.2) is 0 Å². The Morgan fingerprint density at radius 3 is 2.54 bits per heavy atom. The number of hydrogen-bond donors (Lipinski definition) is 1. The summed E-state index contributed by atoms with van der Waals surface area (Å²) >= 11 is 1.67. The van der Waals surface area contributed by atoms with Crippen molar-refractivity contribution in [3.63, 3.8) is 0 Å². The lowest BCUT2D eigenvalue weighted by atomic mass is 10.1. The van der Waals surface area contributed by atoms with Gasteiger partial charge in [-0.15, -0.1) is 11.8 Å². The van der Waals surface area contributed by atoms with Crippen molar-refractivity contribution >= 4 is 29.0 Å². The molecule has 1 atom stereocenters. The van der Waals surface area contributed by atoms with Gasteiger partial charge < -0.3 is 5.32 Å². The van der Waals surface area contributed by atoms with Crippen LogP contribution in [0.25, 0.3) is 0 Å². The smallest absolute Gasteiger partial charge is 0.293 e. The molecule has 0 heterocycles. The Morgan fingerprint density at radius 1 is 1.19 bits per heavy atom. The number of benzene rings is 2. The van der Waals surface area contributed by atoms with E-state index in [1.165, 1.54) is 18.9 Å². The summed E-state index contributed by atoms with van der Waals surface area (Å²) in [7, 11) is 0. The van der Waals surface area contributed by atoms with E-state index < -0.39 is 4.92 Å². The standard InChI is InChI=1S/C20H22N2O3S/c1-14-11-12-17(18(13-14)22(24)25)21-20(23)19(15-7-3-2-4-8-15)26-16-9-5-6-10-16/h2-4,7-8,11-13,16,19H,5-6,9-10H2,1H3,(H,21,23)/t19-/m0/s1. The van der Waals surface area contributed by atoms with Crippen LogP contribution in [0.4, 0.5) is 11.4 Å². The number of aryl methyl sites for hydroxylation is 1. The van der Waals surface area contributed by atoms with Crippen molar-refractivity contribution in [2.45, 2.75) is 43.1 Å². The Hall–Kier alpha value is -2.34. The van der Waals surface area contributed by atoms with Crippen LogP contribution in [0.1, 0.15) is 42.1 Å². The van der Waals surface area contributed by atoms with Gasteiger partial charge in [-0.2, -0.15) is 0 Å². The highest BCUT2D eigenvalue weighted by Crippen LogP contribution is 2.40. The van der Waals surface area contributed by atoms with Crippen LogP contribution in [0.3, 0.4) is 0 Å². The zero-order valence-corrected chi connectivity index (χ0v) is 15.5. The van der Waals surface area contributed by atoms with Crippen LogP contribution < -0.4 is 5.32 Å². The zero-order valence-electron chi connectivity index (χ0n) is 14.7. The Balaban J connectivity index is 1.85. The largest absolute Gasteiger partial charge is 0.319 e. The minimum atomic E-state index is -0.454.